The quantitative estimate of drug-likeness (QED) is 0.635. The lowest BCUT2D eigenvalue weighted by Crippen LogP contribution is -1.71. The Kier molecular flexibility index (Phi) is 1.90. The summed E-state index contributed by atoms with van der Waals surface area (Å²) in [4.78, 5) is 6.58. The maximum Gasteiger partial charge on any atom is 0.154 e. The number of nitrogens with one attached hydrogen (secondary N) is 1. The van der Waals surface area contributed by atoms with Crippen molar-refractivity contribution in [2.75, 3.05) is 0 Å². The van der Waals surface area contributed by atoms with Gasteiger partial charge in [0.2, 0.25) is 0 Å². The van der Waals surface area contributed by atoms with Crippen LogP contribution in [0.3, 0.4) is 0 Å². The molecular weight excluding hydrogens is 136 g/mol. The molecule has 3 heteroatoms. The van der Waals surface area contributed by atoms with Crippen LogP contribution < -0.4 is 0 Å². The van der Waals surface area contributed by atoms with Crippen molar-refractivity contribution in [1.82, 2.24) is 9.97 Å². The van der Waals surface area contributed by atoms with Gasteiger partial charge in [-0.1, -0.05) is 17.7 Å². The van der Waals surface area contributed by atoms with Gasteiger partial charge in [0.05, 0.1) is 12.0 Å². The summed E-state index contributed by atoms with van der Waals surface area (Å²) < 4.78 is 0. The fourth-order valence-electron chi connectivity index (χ4n) is 0.523. The molecule has 0 aliphatic carbocycles. The van der Waals surface area contributed by atoms with Gasteiger partial charge in [-0.05, 0) is 6.92 Å². The average molecular weight is 142 g/mol. The molecule has 1 aromatic heterocycles. The Morgan fingerprint density at radius 3 is 3.11 bits per heavy atom. The Hall–Kier alpha value is -0.760. The lowest BCUT2D eigenvalue weighted by molar-refractivity contribution is 1.29. The highest BCUT2D eigenvalue weighted by atomic mass is 35.5. The number of hydrogen-bond acceptors (Lipinski definition) is 1. The van der Waals surface area contributed by atoms with E-state index in [4.69, 9.17) is 11.6 Å². The molecule has 0 saturated heterocycles. The van der Waals surface area contributed by atoms with Crippen molar-refractivity contribution in [3.8, 4) is 0 Å². The van der Waals surface area contributed by atoms with Gasteiger partial charge in [-0.15, -0.1) is 0 Å². The molecular formula is C6H6ClN2. The zero-order chi connectivity index (χ0) is 6.69. The number of H-pyrrole nitrogens is 1. The lowest BCUT2D eigenvalue weighted by atomic mass is 10.4. The summed E-state index contributed by atoms with van der Waals surface area (Å²) in [6.45, 7) is 1.87. The van der Waals surface area contributed by atoms with Crippen molar-refractivity contribution in [2.45, 2.75) is 6.92 Å². The molecule has 1 heterocycles. The highest BCUT2D eigenvalue weighted by molar-refractivity contribution is 6.30. The van der Waals surface area contributed by atoms with Crippen LogP contribution in [0.2, 0.25) is 5.15 Å². The lowest BCUT2D eigenvalue weighted by Gasteiger charge is -1.80. The van der Waals surface area contributed by atoms with E-state index < -0.39 is 0 Å². The van der Waals surface area contributed by atoms with Gasteiger partial charge in [0.1, 0.15) is 0 Å². The Labute approximate surface area is 58.6 Å². The van der Waals surface area contributed by atoms with Crippen molar-refractivity contribution < 1.29 is 0 Å². The van der Waals surface area contributed by atoms with E-state index in [1.807, 2.05) is 6.92 Å². The van der Waals surface area contributed by atoms with Crippen LogP contribution in [-0.2, 0) is 0 Å². The number of aromatic amines is 1. The first kappa shape index (κ1) is 6.36. The molecule has 0 aliphatic heterocycles. The van der Waals surface area contributed by atoms with Crippen molar-refractivity contribution >= 4 is 11.6 Å². The van der Waals surface area contributed by atoms with Gasteiger partial charge in [0.25, 0.3) is 0 Å². The number of allylic oxidation sites excluding steroid dienone is 1. The van der Waals surface area contributed by atoms with Crippen LogP contribution in [0, 0.1) is 6.08 Å². The molecule has 1 N–H and O–H groups in total. The minimum atomic E-state index is 0.466. The van der Waals surface area contributed by atoms with Crippen LogP contribution in [-0.4, -0.2) is 9.97 Å². The Morgan fingerprint density at radius 2 is 2.67 bits per heavy atom. The molecule has 0 spiro atoms. The SMILES string of the molecule is CC=[C]c1[nH]cnc1Cl. The molecule has 47 valence electrons. The summed E-state index contributed by atoms with van der Waals surface area (Å²) >= 11 is 5.59. The molecule has 0 fully saturated rings. The van der Waals surface area contributed by atoms with Crippen LogP contribution in [0.15, 0.2) is 12.4 Å². The van der Waals surface area contributed by atoms with E-state index in [0.29, 0.717) is 5.15 Å². The zero-order valence-corrected chi connectivity index (χ0v) is 5.74. The van der Waals surface area contributed by atoms with Gasteiger partial charge < -0.3 is 4.98 Å². The topological polar surface area (TPSA) is 28.7 Å². The van der Waals surface area contributed by atoms with E-state index in [1.165, 1.54) is 6.33 Å². The number of hydrogen-bond donors (Lipinski definition) is 1. The van der Waals surface area contributed by atoms with Crippen LogP contribution >= 0.6 is 11.6 Å². The molecule has 0 aromatic carbocycles. The molecule has 0 bridgehead atoms. The third-order valence-electron chi connectivity index (χ3n) is 0.882. The van der Waals surface area contributed by atoms with E-state index in [2.05, 4.69) is 16.0 Å². The highest BCUT2D eigenvalue weighted by Crippen LogP contribution is 2.08. The normalized spacial score (nSPS) is 10.9. The maximum absolute atomic E-state index is 5.59. The van der Waals surface area contributed by atoms with Gasteiger partial charge in [-0.25, -0.2) is 4.98 Å². The summed E-state index contributed by atoms with van der Waals surface area (Å²) in [7, 11) is 0. The Morgan fingerprint density at radius 1 is 1.89 bits per heavy atom. The summed E-state index contributed by atoms with van der Waals surface area (Å²) in [5.74, 6) is 0. The van der Waals surface area contributed by atoms with Gasteiger partial charge in [-0.2, -0.15) is 0 Å². The van der Waals surface area contributed by atoms with Crippen molar-refractivity contribution in [3.63, 3.8) is 0 Å². The first-order chi connectivity index (χ1) is 4.34. The van der Waals surface area contributed by atoms with Gasteiger partial charge in [0.15, 0.2) is 5.15 Å². The molecule has 0 atom stereocenters. The average Bonchev–Trinajstić information content (AvgIpc) is 2.18. The minimum absolute atomic E-state index is 0.466. The maximum atomic E-state index is 5.59. The molecule has 0 unspecified atom stereocenters. The second-order valence-electron chi connectivity index (χ2n) is 1.50. The number of halogens is 1. The predicted molar refractivity (Wildman–Crippen MR) is 36.2 cm³/mol. The third-order valence-corrected chi connectivity index (χ3v) is 1.17. The van der Waals surface area contributed by atoms with Crippen LogP contribution in [0.4, 0.5) is 0 Å². The van der Waals surface area contributed by atoms with Crippen molar-refractivity contribution in [3.05, 3.63) is 29.3 Å². The van der Waals surface area contributed by atoms with Gasteiger partial charge in [0, 0.05) is 6.08 Å². The predicted octanol–water partition coefficient (Wildman–Crippen LogP) is 1.79. The summed E-state index contributed by atoms with van der Waals surface area (Å²) in [6, 6.07) is 0. The smallest absolute Gasteiger partial charge is 0.154 e. The Balaban J connectivity index is 2.94. The van der Waals surface area contributed by atoms with E-state index in [1.54, 1.807) is 6.08 Å². The molecule has 0 amide bonds. The van der Waals surface area contributed by atoms with E-state index >= 15 is 0 Å². The first-order valence-electron chi connectivity index (χ1n) is 2.58. The minimum Gasteiger partial charge on any atom is -0.343 e. The van der Waals surface area contributed by atoms with Crippen LogP contribution in [0.1, 0.15) is 12.6 Å². The van der Waals surface area contributed by atoms with Crippen molar-refractivity contribution in [1.29, 1.82) is 0 Å². The van der Waals surface area contributed by atoms with Crippen LogP contribution in [0.25, 0.3) is 0 Å². The fourth-order valence-corrected chi connectivity index (χ4v) is 0.681. The van der Waals surface area contributed by atoms with Crippen LogP contribution in [0.5, 0.6) is 0 Å². The largest absolute Gasteiger partial charge is 0.343 e. The zero-order valence-electron chi connectivity index (χ0n) is 4.98. The standard InChI is InChI=1S/C6H6ClN2/c1-2-3-5-6(7)9-4-8-5/h2,4H,1H3,(H,8,9). The second-order valence-corrected chi connectivity index (χ2v) is 1.86. The fraction of sp³-hybridized carbons (Fsp3) is 0.167. The summed E-state index contributed by atoms with van der Waals surface area (Å²) in [6.07, 6.45) is 6.19. The van der Waals surface area contributed by atoms with E-state index in [0.717, 1.165) is 5.69 Å². The molecule has 0 aliphatic rings. The molecule has 1 radical (unpaired) electrons. The van der Waals surface area contributed by atoms with Gasteiger partial charge in [-0.3, -0.25) is 0 Å². The second kappa shape index (κ2) is 2.69. The van der Waals surface area contributed by atoms with Crippen molar-refractivity contribution in [2.24, 2.45) is 0 Å². The third kappa shape index (κ3) is 1.33. The molecule has 1 rings (SSSR count). The number of nitrogens with zero attached hydrogens (tertiary/aromatic N) is 1. The molecule has 2 nitrogen and oxygen atoms in total. The summed E-state index contributed by atoms with van der Waals surface area (Å²) in [5.41, 5.74) is 0.735. The van der Waals surface area contributed by atoms with E-state index in [-0.39, 0.29) is 0 Å². The summed E-state index contributed by atoms with van der Waals surface area (Å²) in [5, 5.41) is 0.466. The molecule has 0 saturated carbocycles. The van der Waals surface area contributed by atoms with Gasteiger partial charge >= 0.3 is 0 Å². The Bertz CT molecular complexity index is 215. The number of aromatic nitrogens is 2. The number of imidazole rings is 1. The molecule has 1 aromatic rings. The number of rotatable bonds is 1. The highest BCUT2D eigenvalue weighted by Gasteiger charge is 1.95. The monoisotopic (exact) mass is 141 g/mol. The first-order valence-corrected chi connectivity index (χ1v) is 2.95. The van der Waals surface area contributed by atoms with E-state index in [9.17, 15) is 0 Å². The molecule has 9 heavy (non-hydrogen) atoms.